The average molecular weight is 248 g/mol. The first-order chi connectivity index (χ1) is 8.74. The van der Waals surface area contributed by atoms with Crippen LogP contribution in [0.4, 0.5) is 11.4 Å². The van der Waals surface area contributed by atoms with E-state index in [-0.39, 0.29) is 12.1 Å². The summed E-state index contributed by atoms with van der Waals surface area (Å²) in [6, 6.07) is 8.74. The van der Waals surface area contributed by atoms with Crippen LogP contribution in [-0.2, 0) is 0 Å². The Kier molecular flexibility index (Phi) is 4.48. The third-order valence-corrected chi connectivity index (χ3v) is 3.83. The number of anilines is 2. The molecule has 0 amide bonds. The van der Waals surface area contributed by atoms with Gasteiger partial charge in [0, 0.05) is 24.5 Å². The van der Waals surface area contributed by atoms with Crippen molar-refractivity contribution in [3.63, 3.8) is 0 Å². The van der Waals surface area contributed by atoms with Crippen LogP contribution in [0, 0.1) is 0 Å². The Balaban J connectivity index is 1.99. The SMILES string of the molecule is CCN(CC)c1ccc(N[C@@H]2CCC[C@H]2O)cc1. The molecule has 0 bridgehead atoms. The Labute approximate surface area is 110 Å². The van der Waals surface area contributed by atoms with Gasteiger partial charge < -0.3 is 15.3 Å². The van der Waals surface area contributed by atoms with E-state index >= 15 is 0 Å². The molecule has 1 aromatic carbocycles. The second-order valence-corrected chi connectivity index (χ2v) is 4.97. The molecular formula is C15H24N2O. The molecule has 0 aromatic heterocycles. The molecule has 0 radical (unpaired) electrons. The molecule has 100 valence electrons. The first-order valence-electron chi connectivity index (χ1n) is 7.04. The Morgan fingerprint density at radius 2 is 1.83 bits per heavy atom. The molecule has 3 nitrogen and oxygen atoms in total. The summed E-state index contributed by atoms with van der Waals surface area (Å²) in [5.41, 5.74) is 2.37. The fraction of sp³-hybridized carbons (Fsp3) is 0.600. The molecular weight excluding hydrogens is 224 g/mol. The van der Waals surface area contributed by atoms with Gasteiger partial charge >= 0.3 is 0 Å². The lowest BCUT2D eigenvalue weighted by atomic mass is 10.2. The number of hydrogen-bond acceptors (Lipinski definition) is 3. The minimum Gasteiger partial charge on any atom is -0.391 e. The van der Waals surface area contributed by atoms with Gasteiger partial charge in [-0.05, 0) is 57.4 Å². The summed E-state index contributed by atoms with van der Waals surface area (Å²) in [5, 5.41) is 13.2. The van der Waals surface area contributed by atoms with Gasteiger partial charge in [0.05, 0.1) is 12.1 Å². The molecule has 2 rings (SSSR count). The van der Waals surface area contributed by atoms with Crippen LogP contribution in [0.3, 0.4) is 0 Å². The topological polar surface area (TPSA) is 35.5 Å². The second kappa shape index (κ2) is 6.10. The molecule has 0 aliphatic heterocycles. The summed E-state index contributed by atoms with van der Waals surface area (Å²) in [6.07, 6.45) is 2.93. The zero-order valence-corrected chi connectivity index (χ0v) is 11.4. The minimum atomic E-state index is -0.188. The quantitative estimate of drug-likeness (QED) is 0.841. The minimum absolute atomic E-state index is 0.188. The summed E-state index contributed by atoms with van der Waals surface area (Å²) in [5.74, 6) is 0. The fourth-order valence-electron chi connectivity index (χ4n) is 2.68. The Bertz CT molecular complexity index is 359. The van der Waals surface area contributed by atoms with Crippen LogP contribution in [0.25, 0.3) is 0 Å². The van der Waals surface area contributed by atoms with Crippen LogP contribution in [-0.4, -0.2) is 30.3 Å². The molecule has 0 saturated heterocycles. The summed E-state index contributed by atoms with van der Waals surface area (Å²) >= 11 is 0. The highest BCUT2D eigenvalue weighted by Gasteiger charge is 2.24. The number of aliphatic hydroxyl groups excluding tert-OH is 1. The number of benzene rings is 1. The van der Waals surface area contributed by atoms with Gasteiger partial charge in [-0.2, -0.15) is 0 Å². The van der Waals surface area contributed by atoms with Crippen LogP contribution >= 0.6 is 0 Å². The lowest BCUT2D eigenvalue weighted by molar-refractivity contribution is 0.172. The predicted octanol–water partition coefficient (Wildman–Crippen LogP) is 2.86. The maximum absolute atomic E-state index is 9.80. The maximum Gasteiger partial charge on any atom is 0.0741 e. The third-order valence-electron chi connectivity index (χ3n) is 3.83. The monoisotopic (exact) mass is 248 g/mol. The molecule has 1 aliphatic rings. The molecule has 1 fully saturated rings. The van der Waals surface area contributed by atoms with Gasteiger partial charge in [0.15, 0.2) is 0 Å². The highest BCUT2D eigenvalue weighted by molar-refractivity contribution is 5.55. The van der Waals surface area contributed by atoms with Gasteiger partial charge in [0.1, 0.15) is 0 Å². The summed E-state index contributed by atoms with van der Waals surface area (Å²) in [4.78, 5) is 2.33. The van der Waals surface area contributed by atoms with Gasteiger partial charge in [-0.3, -0.25) is 0 Å². The molecule has 2 atom stereocenters. The maximum atomic E-state index is 9.80. The molecule has 0 heterocycles. The highest BCUT2D eigenvalue weighted by Crippen LogP contribution is 2.24. The zero-order valence-electron chi connectivity index (χ0n) is 11.4. The number of nitrogens with zero attached hydrogens (tertiary/aromatic N) is 1. The number of nitrogens with one attached hydrogen (secondary N) is 1. The van der Waals surface area contributed by atoms with Crippen molar-refractivity contribution in [3.05, 3.63) is 24.3 Å². The standard InChI is InChI=1S/C15H24N2O/c1-3-17(4-2)13-10-8-12(9-11-13)16-14-6-5-7-15(14)18/h8-11,14-16,18H,3-7H2,1-2H3/t14-,15-/m1/s1. The van der Waals surface area contributed by atoms with Crippen molar-refractivity contribution < 1.29 is 5.11 Å². The summed E-state index contributed by atoms with van der Waals surface area (Å²) in [6.45, 7) is 6.41. The lowest BCUT2D eigenvalue weighted by Crippen LogP contribution is -2.27. The van der Waals surface area contributed by atoms with Crippen LogP contribution in [0.5, 0.6) is 0 Å². The fourth-order valence-corrected chi connectivity index (χ4v) is 2.68. The Hall–Kier alpha value is -1.22. The Morgan fingerprint density at radius 3 is 2.33 bits per heavy atom. The van der Waals surface area contributed by atoms with Crippen molar-refractivity contribution in [3.8, 4) is 0 Å². The van der Waals surface area contributed by atoms with Crippen molar-refractivity contribution in [2.45, 2.75) is 45.3 Å². The summed E-state index contributed by atoms with van der Waals surface area (Å²) in [7, 11) is 0. The first-order valence-corrected chi connectivity index (χ1v) is 7.04. The van der Waals surface area contributed by atoms with E-state index in [4.69, 9.17) is 0 Å². The molecule has 18 heavy (non-hydrogen) atoms. The predicted molar refractivity (Wildman–Crippen MR) is 77.3 cm³/mol. The molecule has 1 aliphatic carbocycles. The Morgan fingerprint density at radius 1 is 1.17 bits per heavy atom. The van der Waals surface area contributed by atoms with Crippen molar-refractivity contribution in [1.29, 1.82) is 0 Å². The van der Waals surface area contributed by atoms with E-state index in [2.05, 4.69) is 48.3 Å². The smallest absolute Gasteiger partial charge is 0.0741 e. The average Bonchev–Trinajstić information content (AvgIpc) is 2.79. The van der Waals surface area contributed by atoms with E-state index in [0.29, 0.717) is 0 Å². The second-order valence-electron chi connectivity index (χ2n) is 4.97. The number of hydrogen-bond donors (Lipinski definition) is 2. The van der Waals surface area contributed by atoms with Crippen LogP contribution in [0.15, 0.2) is 24.3 Å². The molecule has 3 heteroatoms. The van der Waals surface area contributed by atoms with E-state index < -0.39 is 0 Å². The van der Waals surface area contributed by atoms with E-state index in [9.17, 15) is 5.11 Å². The largest absolute Gasteiger partial charge is 0.391 e. The molecule has 1 aromatic rings. The molecule has 0 spiro atoms. The van der Waals surface area contributed by atoms with E-state index in [1.54, 1.807) is 0 Å². The first kappa shape index (κ1) is 13.2. The third kappa shape index (κ3) is 2.96. The van der Waals surface area contributed by atoms with Crippen LogP contribution in [0.2, 0.25) is 0 Å². The van der Waals surface area contributed by atoms with Gasteiger partial charge in [-0.15, -0.1) is 0 Å². The highest BCUT2D eigenvalue weighted by atomic mass is 16.3. The van der Waals surface area contributed by atoms with Crippen LogP contribution < -0.4 is 10.2 Å². The van der Waals surface area contributed by atoms with E-state index in [1.165, 1.54) is 5.69 Å². The van der Waals surface area contributed by atoms with Crippen molar-refractivity contribution >= 4 is 11.4 Å². The van der Waals surface area contributed by atoms with Gasteiger partial charge in [-0.1, -0.05) is 0 Å². The number of aliphatic hydroxyl groups is 1. The lowest BCUT2D eigenvalue weighted by Gasteiger charge is -2.22. The van der Waals surface area contributed by atoms with E-state index in [0.717, 1.165) is 38.0 Å². The molecule has 1 saturated carbocycles. The zero-order chi connectivity index (χ0) is 13.0. The number of rotatable bonds is 5. The van der Waals surface area contributed by atoms with Gasteiger partial charge in [0.25, 0.3) is 0 Å². The van der Waals surface area contributed by atoms with Crippen LogP contribution in [0.1, 0.15) is 33.1 Å². The van der Waals surface area contributed by atoms with Gasteiger partial charge in [0.2, 0.25) is 0 Å². The summed E-state index contributed by atoms with van der Waals surface area (Å²) < 4.78 is 0. The molecule has 0 unspecified atom stereocenters. The normalized spacial score (nSPS) is 23.1. The van der Waals surface area contributed by atoms with Crippen molar-refractivity contribution in [2.24, 2.45) is 0 Å². The van der Waals surface area contributed by atoms with Crippen molar-refractivity contribution in [1.82, 2.24) is 0 Å². The van der Waals surface area contributed by atoms with Crippen molar-refractivity contribution in [2.75, 3.05) is 23.3 Å². The van der Waals surface area contributed by atoms with E-state index in [1.807, 2.05) is 0 Å². The van der Waals surface area contributed by atoms with Gasteiger partial charge in [-0.25, -0.2) is 0 Å². The molecule has 2 N–H and O–H groups in total.